The van der Waals surface area contributed by atoms with Gasteiger partial charge in [0.15, 0.2) is 0 Å². The Labute approximate surface area is 96.0 Å². The number of carboxylic acids is 1. The van der Waals surface area contributed by atoms with Crippen molar-refractivity contribution in [3.05, 3.63) is 23.3 Å². The van der Waals surface area contributed by atoms with E-state index in [0.717, 1.165) is 18.4 Å². The zero-order chi connectivity index (χ0) is 12.6. The first kappa shape index (κ1) is 14.4. The molecule has 0 aliphatic heterocycles. The zero-order valence-electron chi connectivity index (χ0n) is 10.0. The Hall–Kier alpha value is -1.58. The van der Waals surface area contributed by atoms with Gasteiger partial charge < -0.3 is 10.4 Å². The first-order chi connectivity index (χ1) is 7.41. The molecule has 0 heterocycles. The predicted molar refractivity (Wildman–Crippen MR) is 63.1 cm³/mol. The van der Waals surface area contributed by atoms with Crippen molar-refractivity contribution in [3.63, 3.8) is 0 Å². The number of hydrogen-bond donors (Lipinski definition) is 2. The molecule has 4 heteroatoms. The topological polar surface area (TPSA) is 66.4 Å². The molecule has 0 aromatic heterocycles. The minimum absolute atomic E-state index is 0.337. The summed E-state index contributed by atoms with van der Waals surface area (Å²) < 4.78 is 0. The maximum absolute atomic E-state index is 11.2. The third-order valence-corrected chi connectivity index (χ3v) is 1.88. The Morgan fingerprint density at radius 2 is 1.88 bits per heavy atom. The lowest BCUT2D eigenvalue weighted by atomic mass is 10.1. The van der Waals surface area contributed by atoms with E-state index in [1.54, 1.807) is 0 Å². The molecule has 4 nitrogen and oxygen atoms in total. The molecule has 0 aromatic rings. The standard InChI is InChI=1S/C12H19NO3/c1-9(2)5-4-6-10(3)7-11(14)13-8-12(15)16/h5,7H,4,6,8H2,1-3H3,(H,13,14)(H,15,16). The van der Waals surface area contributed by atoms with Gasteiger partial charge in [-0.15, -0.1) is 0 Å². The molecule has 0 fully saturated rings. The monoisotopic (exact) mass is 225 g/mol. The molecule has 0 spiro atoms. The van der Waals surface area contributed by atoms with Crippen molar-refractivity contribution >= 4 is 11.9 Å². The minimum atomic E-state index is -1.04. The molecule has 0 aliphatic rings. The first-order valence-corrected chi connectivity index (χ1v) is 5.22. The van der Waals surface area contributed by atoms with Gasteiger partial charge in [0.1, 0.15) is 6.54 Å². The minimum Gasteiger partial charge on any atom is -0.480 e. The summed E-state index contributed by atoms with van der Waals surface area (Å²) in [5.74, 6) is -1.39. The number of nitrogens with one attached hydrogen (secondary N) is 1. The van der Waals surface area contributed by atoms with Crippen LogP contribution in [-0.2, 0) is 9.59 Å². The molecule has 0 radical (unpaired) electrons. The number of hydrogen-bond acceptors (Lipinski definition) is 2. The van der Waals surface area contributed by atoms with Crippen LogP contribution in [0, 0.1) is 0 Å². The summed E-state index contributed by atoms with van der Waals surface area (Å²) in [6.07, 6.45) is 5.26. The highest BCUT2D eigenvalue weighted by molar-refractivity contribution is 5.90. The Balaban J connectivity index is 3.97. The average molecular weight is 225 g/mol. The Kier molecular flexibility index (Phi) is 6.92. The maximum Gasteiger partial charge on any atom is 0.322 e. The summed E-state index contributed by atoms with van der Waals surface area (Å²) in [4.78, 5) is 21.4. The molecule has 0 aromatic carbocycles. The van der Waals surface area contributed by atoms with E-state index < -0.39 is 5.97 Å². The van der Waals surface area contributed by atoms with E-state index in [1.165, 1.54) is 11.6 Å². The summed E-state index contributed by atoms with van der Waals surface area (Å²) in [6.45, 7) is 5.58. The fourth-order valence-corrected chi connectivity index (χ4v) is 1.10. The van der Waals surface area contributed by atoms with Crippen LogP contribution in [0.15, 0.2) is 23.3 Å². The van der Waals surface area contributed by atoms with Gasteiger partial charge in [0.25, 0.3) is 0 Å². The van der Waals surface area contributed by atoms with Gasteiger partial charge in [0.2, 0.25) is 5.91 Å². The molecule has 0 atom stereocenters. The van der Waals surface area contributed by atoms with Crippen LogP contribution in [0.4, 0.5) is 0 Å². The lowest BCUT2D eigenvalue weighted by Gasteiger charge is -2.00. The second-order valence-electron chi connectivity index (χ2n) is 3.92. The van der Waals surface area contributed by atoms with Gasteiger partial charge in [-0.3, -0.25) is 9.59 Å². The summed E-state index contributed by atoms with van der Waals surface area (Å²) in [5, 5.41) is 10.6. The van der Waals surface area contributed by atoms with Crippen molar-refractivity contribution in [3.8, 4) is 0 Å². The fourth-order valence-electron chi connectivity index (χ4n) is 1.10. The Morgan fingerprint density at radius 1 is 1.25 bits per heavy atom. The highest BCUT2D eigenvalue weighted by Gasteiger charge is 2.00. The van der Waals surface area contributed by atoms with Gasteiger partial charge >= 0.3 is 5.97 Å². The number of carbonyl (C=O) groups excluding carboxylic acids is 1. The third kappa shape index (κ3) is 8.99. The highest BCUT2D eigenvalue weighted by Crippen LogP contribution is 2.05. The van der Waals surface area contributed by atoms with E-state index in [9.17, 15) is 9.59 Å². The van der Waals surface area contributed by atoms with Gasteiger partial charge in [0, 0.05) is 6.08 Å². The molecular weight excluding hydrogens is 206 g/mol. The van der Waals surface area contributed by atoms with Crippen LogP contribution < -0.4 is 5.32 Å². The van der Waals surface area contributed by atoms with Crippen LogP contribution in [0.25, 0.3) is 0 Å². The van der Waals surface area contributed by atoms with E-state index in [-0.39, 0.29) is 12.5 Å². The molecular formula is C12H19NO3. The van der Waals surface area contributed by atoms with E-state index in [0.29, 0.717) is 0 Å². The van der Waals surface area contributed by atoms with Crippen LogP contribution in [0.5, 0.6) is 0 Å². The van der Waals surface area contributed by atoms with Gasteiger partial charge in [-0.25, -0.2) is 0 Å². The summed E-state index contributed by atoms with van der Waals surface area (Å²) in [6, 6.07) is 0. The first-order valence-electron chi connectivity index (χ1n) is 5.22. The van der Waals surface area contributed by atoms with Gasteiger partial charge in [-0.1, -0.05) is 17.2 Å². The van der Waals surface area contributed by atoms with E-state index in [2.05, 4.69) is 11.4 Å². The fraction of sp³-hybridized carbons (Fsp3) is 0.500. The van der Waals surface area contributed by atoms with Gasteiger partial charge in [-0.05, 0) is 33.6 Å². The number of aliphatic carboxylic acids is 1. The Morgan fingerprint density at radius 3 is 2.38 bits per heavy atom. The smallest absolute Gasteiger partial charge is 0.322 e. The molecule has 0 unspecified atom stereocenters. The van der Waals surface area contributed by atoms with Crippen molar-refractivity contribution in [2.75, 3.05) is 6.54 Å². The molecule has 16 heavy (non-hydrogen) atoms. The van der Waals surface area contributed by atoms with Crippen molar-refractivity contribution < 1.29 is 14.7 Å². The molecule has 0 saturated heterocycles. The zero-order valence-corrected chi connectivity index (χ0v) is 10.0. The number of amides is 1. The lowest BCUT2D eigenvalue weighted by Crippen LogP contribution is -2.27. The normalized spacial score (nSPS) is 10.8. The van der Waals surface area contributed by atoms with E-state index in [1.807, 2.05) is 20.8 Å². The predicted octanol–water partition coefficient (Wildman–Crippen LogP) is 1.88. The van der Waals surface area contributed by atoms with Crippen molar-refractivity contribution in [1.29, 1.82) is 0 Å². The van der Waals surface area contributed by atoms with Crippen LogP contribution in [-0.4, -0.2) is 23.5 Å². The van der Waals surface area contributed by atoms with Crippen LogP contribution >= 0.6 is 0 Å². The van der Waals surface area contributed by atoms with Gasteiger partial charge in [0.05, 0.1) is 0 Å². The summed E-state index contributed by atoms with van der Waals surface area (Å²) in [5.41, 5.74) is 2.20. The quantitative estimate of drug-likeness (QED) is 0.535. The number of carboxylic acid groups (broad SMARTS) is 1. The Bertz CT molecular complexity index is 312. The van der Waals surface area contributed by atoms with E-state index in [4.69, 9.17) is 5.11 Å². The van der Waals surface area contributed by atoms with Crippen LogP contribution in [0.3, 0.4) is 0 Å². The average Bonchev–Trinajstić information content (AvgIpc) is 2.14. The number of allylic oxidation sites excluding steroid dienone is 3. The van der Waals surface area contributed by atoms with Crippen LogP contribution in [0.1, 0.15) is 33.6 Å². The molecule has 2 N–H and O–H groups in total. The summed E-state index contributed by atoms with van der Waals surface area (Å²) >= 11 is 0. The molecule has 0 bridgehead atoms. The second-order valence-corrected chi connectivity index (χ2v) is 3.92. The van der Waals surface area contributed by atoms with Crippen LogP contribution in [0.2, 0.25) is 0 Å². The largest absolute Gasteiger partial charge is 0.480 e. The SMILES string of the molecule is CC(C)=CCCC(C)=CC(=O)NCC(=O)O. The molecule has 0 rings (SSSR count). The number of rotatable bonds is 6. The molecule has 0 aliphatic carbocycles. The third-order valence-electron chi connectivity index (χ3n) is 1.88. The van der Waals surface area contributed by atoms with Crippen molar-refractivity contribution in [1.82, 2.24) is 5.32 Å². The molecule has 0 saturated carbocycles. The molecule has 1 amide bonds. The maximum atomic E-state index is 11.2. The lowest BCUT2D eigenvalue weighted by molar-refractivity contribution is -0.137. The highest BCUT2D eigenvalue weighted by atomic mass is 16.4. The number of carbonyl (C=O) groups is 2. The van der Waals surface area contributed by atoms with Crippen molar-refractivity contribution in [2.45, 2.75) is 33.6 Å². The van der Waals surface area contributed by atoms with Gasteiger partial charge in [-0.2, -0.15) is 0 Å². The summed E-state index contributed by atoms with van der Waals surface area (Å²) in [7, 11) is 0. The van der Waals surface area contributed by atoms with Crippen molar-refractivity contribution in [2.24, 2.45) is 0 Å². The van der Waals surface area contributed by atoms with E-state index >= 15 is 0 Å². The molecule has 90 valence electrons. The second kappa shape index (κ2) is 7.68.